The van der Waals surface area contributed by atoms with Gasteiger partial charge in [0.2, 0.25) is 0 Å². The van der Waals surface area contributed by atoms with Gasteiger partial charge in [-0.2, -0.15) is 0 Å². The molecule has 0 aromatic heterocycles. The number of amides is 2. The standard InChI is InChI=1S/C32H24BrIN2O4S/c1-2-39-28-19-22(18-27(34)29(28)40-20-21-13-15-23(33)16-14-21)17-26-30(37)35(24-9-5-3-6-10-24)32(41)36(31(26)38)25-11-7-4-8-12-25/h3-19H,2,20H2,1H3. The molecule has 0 bridgehead atoms. The van der Waals surface area contributed by atoms with Crippen LogP contribution in [-0.4, -0.2) is 23.5 Å². The highest BCUT2D eigenvalue weighted by atomic mass is 127. The zero-order valence-corrected chi connectivity index (χ0v) is 26.5. The predicted molar refractivity (Wildman–Crippen MR) is 177 cm³/mol. The summed E-state index contributed by atoms with van der Waals surface area (Å²) in [6.07, 6.45) is 1.58. The van der Waals surface area contributed by atoms with Crippen molar-refractivity contribution in [3.8, 4) is 11.5 Å². The average Bonchev–Trinajstić information content (AvgIpc) is 2.97. The lowest BCUT2D eigenvalue weighted by Crippen LogP contribution is -2.56. The summed E-state index contributed by atoms with van der Waals surface area (Å²) < 4.78 is 13.9. The fourth-order valence-corrected chi connectivity index (χ4v) is 5.74. The summed E-state index contributed by atoms with van der Waals surface area (Å²) in [7, 11) is 0. The maximum absolute atomic E-state index is 13.8. The first-order valence-corrected chi connectivity index (χ1v) is 15.0. The smallest absolute Gasteiger partial charge is 0.270 e. The Balaban J connectivity index is 1.55. The van der Waals surface area contributed by atoms with E-state index < -0.39 is 11.8 Å². The Bertz CT molecular complexity index is 1570. The summed E-state index contributed by atoms with van der Waals surface area (Å²) in [4.78, 5) is 30.4. The fraction of sp³-hybridized carbons (Fsp3) is 0.0938. The van der Waals surface area contributed by atoms with E-state index in [-0.39, 0.29) is 10.7 Å². The molecule has 0 radical (unpaired) electrons. The van der Waals surface area contributed by atoms with E-state index >= 15 is 0 Å². The zero-order chi connectivity index (χ0) is 28.9. The van der Waals surface area contributed by atoms with Gasteiger partial charge >= 0.3 is 0 Å². The van der Waals surface area contributed by atoms with Crippen molar-refractivity contribution >= 4 is 85.1 Å². The van der Waals surface area contributed by atoms with E-state index in [1.54, 1.807) is 36.4 Å². The summed E-state index contributed by atoms with van der Waals surface area (Å²) in [5.41, 5.74) is 2.76. The van der Waals surface area contributed by atoms with Crippen LogP contribution in [0.5, 0.6) is 11.5 Å². The van der Waals surface area contributed by atoms with Gasteiger partial charge in [0.25, 0.3) is 11.8 Å². The van der Waals surface area contributed by atoms with Crippen LogP contribution in [0.3, 0.4) is 0 Å². The number of benzene rings is 4. The van der Waals surface area contributed by atoms with Crippen LogP contribution in [0.15, 0.2) is 107 Å². The fourth-order valence-electron chi connectivity index (χ4n) is 4.32. The van der Waals surface area contributed by atoms with Gasteiger partial charge in [0.05, 0.1) is 21.6 Å². The van der Waals surface area contributed by atoms with Gasteiger partial charge < -0.3 is 9.47 Å². The molecule has 6 nitrogen and oxygen atoms in total. The molecule has 1 aliphatic heterocycles. The van der Waals surface area contributed by atoms with Gasteiger partial charge in [-0.15, -0.1) is 0 Å². The van der Waals surface area contributed by atoms with Crippen LogP contribution in [0, 0.1) is 3.57 Å². The number of hydrogen-bond donors (Lipinski definition) is 0. The Kier molecular flexibility index (Phi) is 9.16. The van der Waals surface area contributed by atoms with Crippen molar-refractivity contribution in [3.63, 3.8) is 0 Å². The molecular formula is C32H24BrIN2O4S. The molecule has 0 unspecified atom stereocenters. The first kappa shape index (κ1) is 29.0. The first-order valence-electron chi connectivity index (χ1n) is 12.8. The Morgan fingerprint density at radius 3 is 1.93 bits per heavy atom. The molecule has 1 heterocycles. The van der Waals surface area contributed by atoms with E-state index in [1.807, 2.05) is 73.7 Å². The molecular weight excluding hydrogens is 715 g/mol. The molecule has 2 amide bonds. The number of para-hydroxylation sites is 2. The third-order valence-electron chi connectivity index (χ3n) is 6.22. The molecule has 1 saturated heterocycles. The highest BCUT2D eigenvalue weighted by Crippen LogP contribution is 2.37. The van der Waals surface area contributed by atoms with Gasteiger partial charge in [0.15, 0.2) is 16.6 Å². The minimum absolute atomic E-state index is 0.0203. The van der Waals surface area contributed by atoms with Gasteiger partial charge in [0, 0.05) is 4.47 Å². The molecule has 1 aliphatic rings. The van der Waals surface area contributed by atoms with Gasteiger partial charge in [-0.3, -0.25) is 19.4 Å². The molecule has 1 fully saturated rings. The number of anilines is 2. The second kappa shape index (κ2) is 13.0. The van der Waals surface area contributed by atoms with E-state index in [4.69, 9.17) is 21.7 Å². The lowest BCUT2D eigenvalue weighted by molar-refractivity contribution is -0.120. The molecule has 0 N–H and O–H groups in total. The molecule has 4 aromatic rings. The normalized spacial score (nSPS) is 13.4. The Labute approximate surface area is 265 Å². The molecule has 0 saturated carbocycles. The van der Waals surface area contributed by atoms with Crippen LogP contribution >= 0.6 is 50.7 Å². The van der Waals surface area contributed by atoms with Crippen LogP contribution in [-0.2, 0) is 16.2 Å². The SMILES string of the molecule is CCOc1cc(C=C2C(=O)N(c3ccccc3)C(=S)N(c3ccccc3)C2=O)cc(I)c1OCc1ccc(Br)cc1. The van der Waals surface area contributed by atoms with Crippen molar-refractivity contribution in [2.75, 3.05) is 16.4 Å². The minimum Gasteiger partial charge on any atom is -0.490 e. The highest BCUT2D eigenvalue weighted by Gasteiger charge is 2.41. The minimum atomic E-state index is -0.498. The topological polar surface area (TPSA) is 59.1 Å². The summed E-state index contributed by atoms with van der Waals surface area (Å²) in [6.45, 7) is 2.66. The highest BCUT2D eigenvalue weighted by molar-refractivity contribution is 14.1. The maximum Gasteiger partial charge on any atom is 0.270 e. The monoisotopic (exact) mass is 738 g/mol. The third-order valence-corrected chi connectivity index (χ3v) is 7.91. The molecule has 0 spiro atoms. The number of rotatable bonds is 8. The number of ether oxygens (including phenoxy) is 2. The number of halogens is 2. The van der Waals surface area contributed by atoms with Crippen LogP contribution in [0.4, 0.5) is 11.4 Å². The Hall–Kier alpha value is -3.54. The zero-order valence-electron chi connectivity index (χ0n) is 21.9. The molecule has 0 aliphatic carbocycles. The number of carbonyl (C=O) groups excluding carboxylic acids is 2. The summed E-state index contributed by atoms with van der Waals surface area (Å²) in [5, 5.41) is 0.0934. The Morgan fingerprint density at radius 1 is 0.829 bits per heavy atom. The van der Waals surface area contributed by atoms with E-state index in [0.29, 0.717) is 41.7 Å². The van der Waals surface area contributed by atoms with Crippen LogP contribution in [0.2, 0.25) is 0 Å². The second-order valence-corrected chi connectivity index (χ2v) is 11.4. The van der Waals surface area contributed by atoms with Crippen LogP contribution in [0.25, 0.3) is 6.08 Å². The van der Waals surface area contributed by atoms with E-state index in [2.05, 4.69) is 38.5 Å². The molecule has 41 heavy (non-hydrogen) atoms. The van der Waals surface area contributed by atoms with Gasteiger partial charge in [-0.25, -0.2) is 0 Å². The third kappa shape index (κ3) is 6.37. The summed E-state index contributed by atoms with van der Waals surface area (Å²) in [5.74, 6) is 0.120. The first-order chi connectivity index (χ1) is 19.9. The van der Waals surface area contributed by atoms with Crippen molar-refractivity contribution in [2.45, 2.75) is 13.5 Å². The van der Waals surface area contributed by atoms with Crippen molar-refractivity contribution in [2.24, 2.45) is 0 Å². The lowest BCUT2D eigenvalue weighted by atomic mass is 10.0. The van der Waals surface area contributed by atoms with Crippen molar-refractivity contribution in [1.82, 2.24) is 0 Å². The van der Waals surface area contributed by atoms with E-state index in [9.17, 15) is 9.59 Å². The number of thiocarbonyl (C=S) groups is 1. The molecule has 206 valence electrons. The number of hydrogen-bond acceptors (Lipinski definition) is 5. The molecule has 9 heteroatoms. The lowest BCUT2D eigenvalue weighted by Gasteiger charge is -2.36. The van der Waals surface area contributed by atoms with Crippen molar-refractivity contribution < 1.29 is 19.1 Å². The quantitative estimate of drug-likeness (QED) is 0.0801. The van der Waals surface area contributed by atoms with Crippen molar-refractivity contribution in [1.29, 1.82) is 0 Å². The van der Waals surface area contributed by atoms with Crippen LogP contribution < -0.4 is 19.3 Å². The summed E-state index contributed by atoms with van der Waals surface area (Å²) in [6, 6.07) is 29.7. The maximum atomic E-state index is 13.8. The number of nitrogens with zero attached hydrogens (tertiary/aromatic N) is 2. The average molecular weight is 739 g/mol. The molecule has 4 aromatic carbocycles. The second-order valence-electron chi connectivity index (χ2n) is 8.97. The van der Waals surface area contributed by atoms with Gasteiger partial charge in [-0.05, 0) is 107 Å². The van der Waals surface area contributed by atoms with Crippen LogP contribution in [0.1, 0.15) is 18.1 Å². The van der Waals surface area contributed by atoms with Gasteiger partial charge in [-0.1, -0.05) is 64.5 Å². The largest absolute Gasteiger partial charge is 0.490 e. The number of carbonyl (C=O) groups is 2. The predicted octanol–water partition coefficient (Wildman–Crippen LogP) is 7.78. The van der Waals surface area contributed by atoms with Gasteiger partial charge in [0.1, 0.15) is 12.2 Å². The molecule has 0 atom stereocenters. The van der Waals surface area contributed by atoms with Crippen molar-refractivity contribution in [3.05, 3.63) is 122 Å². The molecule has 5 rings (SSSR count). The Morgan fingerprint density at radius 2 is 1.39 bits per heavy atom. The van der Waals surface area contributed by atoms with E-state index in [1.165, 1.54) is 9.80 Å². The summed E-state index contributed by atoms with van der Waals surface area (Å²) >= 11 is 11.3. The van der Waals surface area contributed by atoms with E-state index in [0.717, 1.165) is 13.6 Å².